The summed E-state index contributed by atoms with van der Waals surface area (Å²) in [4.78, 5) is 14.7. The highest BCUT2D eigenvalue weighted by Crippen LogP contribution is 2.28. The van der Waals surface area contributed by atoms with E-state index in [9.17, 15) is 13.2 Å². The Morgan fingerprint density at radius 2 is 2.00 bits per heavy atom. The van der Waals surface area contributed by atoms with E-state index in [1.807, 2.05) is 6.92 Å². The molecule has 0 unspecified atom stereocenters. The number of sulfonamides is 1. The van der Waals surface area contributed by atoms with Crippen LogP contribution in [0.4, 0.5) is 0 Å². The smallest absolute Gasteiger partial charge is 0.254 e. The average molecular weight is 406 g/mol. The van der Waals surface area contributed by atoms with Gasteiger partial charge in [0.25, 0.3) is 5.91 Å². The first-order valence-electron chi connectivity index (χ1n) is 8.56. The summed E-state index contributed by atoms with van der Waals surface area (Å²) in [5, 5.41) is 3.24. The van der Waals surface area contributed by atoms with Crippen molar-refractivity contribution in [2.45, 2.75) is 31.7 Å². The Labute approximate surface area is 162 Å². The van der Waals surface area contributed by atoms with E-state index in [4.69, 9.17) is 4.74 Å². The lowest BCUT2D eigenvalue weighted by Gasteiger charge is -2.34. The molecule has 7 nitrogen and oxygen atoms in total. The summed E-state index contributed by atoms with van der Waals surface area (Å²) < 4.78 is 32.4. The maximum Gasteiger partial charge on any atom is 0.254 e. The lowest BCUT2D eigenvalue weighted by molar-refractivity contribution is 0.0655. The highest BCUT2D eigenvalue weighted by molar-refractivity contribution is 7.89. The number of piperazine rings is 1. The fourth-order valence-electron chi connectivity index (χ4n) is 3.02. The monoisotopic (exact) mass is 405 g/mol. The third-order valence-electron chi connectivity index (χ3n) is 4.50. The SMILES string of the molecule is CCN(CC)S(=O)(=O)c1cc(C(=O)N2CCNC[C@H]2C)ccc1OC.Cl. The number of carbonyl (C=O) groups is 1. The maximum atomic E-state index is 12.9. The van der Waals surface area contributed by atoms with Crippen LogP contribution in [0.1, 0.15) is 31.1 Å². The molecule has 1 aliphatic rings. The van der Waals surface area contributed by atoms with Crippen molar-refractivity contribution in [3.05, 3.63) is 23.8 Å². The first-order valence-corrected chi connectivity index (χ1v) is 10.0. The second kappa shape index (κ2) is 9.55. The molecule has 1 aliphatic heterocycles. The van der Waals surface area contributed by atoms with E-state index in [2.05, 4.69) is 5.32 Å². The molecule has 1 atom stereocenters. The summed E-state index contributed by atoms with van der Waals surface area (Å²) in [6.45, 7) is 8.31. The summed E-state index contributed by atoms with van der Waals surface area (Å²) in [7, 11) is -2.29. The van der Waals surface area contributed by atoms with Crippen molar-refractivity contribution in [1.29, 1.82) is 0 Å². The van der Waals surface area contributed by atoms with Gasteiger partial charge >= 0.3 is 0 Å². The normalized spacial score (nSPS) is 17.7. The van der Waals surface area contributed by atoms with Gasteiger partial charge in [-0.15, -0.1) is 12.4 Å². The van der Waals surface area contributed by atoms with Gasteiger partial charge in [-0.1, -0.05) is 13.8 Å². The zero-order valence-electron chi connectivity index (χ0n) is 15.7. The summed E-state index contributed by atoms with van der Waals surface area (Å²) in [6, 6.07) is 4.67. The number of rotatable bonds is 6. The number of benzene rings is 1. The number of amides is 1. The van der Waals surface area contributed by atoms with Crippen LogP contribution < -0.4 is 10.1 Å². The second-order valence-electron chi connectivity index (χ2n) is 6.01. The number of halogens is 1. The molecule has 1 aromatic carbocycles. The highest BCUT2D eigenvalue weighted by atomic mass is 35.5. The molecule has 148 valence electrons. The summed E-state index contributed by atoms with van der Waals surface area (Å²) in [5.74, 6) is 0.0875. The van der Waals surface area contributed by atoms with Crippen LogP contribution in [0.2, 0.25) is 0 Å². The topological polar surface area (TPSA) is 79.0 Å². The van der Waals surface area contributed by atoms with Crippen LogP contribution in [0.15, 0.2) is 23.1 Å². The van der Waals surface area contributed by atoms with Gasteiger partial charge in [-0.05, 0) is 25.1 Å². The first kappa shape index (κ1) is 22.7. The third kappa shape index (κ3) is 4.49. The van der Waals surface area contributed by atoms with Crippen LogP contribution >= 0.6 is 12.4 Å². The molecule has 0 saturated carbocycles. The molecule has 1 amide bonds. The van der Waals surface area contributed by atoms with E-state index in [0.29, 0.717) is 25.2 Å². The molecule has 1 N–H and O–H groups in total. The van der Waals surface area contributed by atoms with Crippen molar-refractivity contribution in [2.24, 2.45) is 0 Å². The molecule has 1 aromatic rings. The summed E-state index contributed by atoms with van der Waals surface area (Å²) in [5.41, 5.74) is 0.361. The van der Waals surface area contributed by atoms with Crippen molar-refractivity contribution in [3.63, 3.8) is 0 Å². The Kier molecular flexibility index (Phi) is 8.33. The minimum absolute atomic E-state index is 0. The molecule has 2 rings (SSSR count). The molecule has 1 saturated heterocycles. The molecule has 0 spiro atoms. The van der Waals surface area contributed by atoms with Crippen molar-refractivity contribution in [2.75, 3.05) is 39.8 Å². The van der Waals surface area contributed by atoms with E-state index in [1.165, 1.54) is 17.5 Å². The van der Waals surface area contributed by atoms with Crippen molar-refractivity contribution in [3.8, 4) is 5.75 Å². The molecule has 1 heterocycles. The van der Waals surface area contributed by atoms with E-state index < -0.39 is 10.0 Å². The number of nitrogens with zero attached hydrogens (tertiary/aromatic N) is 2. The lowest BCUT2D eigenvalue weighted by Crippen LogP contribution is -2.52. The number of ether oxygens (including phenoxy) is 1. The molecule has 0 aromatic heterocycles. The summed E-state index contributed by atoms with van der Waals surface area (Å²) >= 11 is 0. The van der Waals surface area contributed by atoms with Crippen LogP contribution in [0, 0.1) is 0 Å². The Hall–Kier alpha value is -1.35. The van der Waals surface area contributed by atoms with Crippen LogP contribution in [-0.4, -0.2) is 69.4 Å². The second-order valence-corrected chi connectivity index (χ2v) is 7.91. The van der Waals surface area contributed by atoms with Crippen LogP contribution in [-0.2, 0) is 10.0 Å². The zero-order valence-corrected chi connectivity index (χ0v) is 17.3. The number of methoxy groups -OCH3 is 1. The largest absolute Gasteiger partial charge is 0.495 e. The fourth-order valence-corrected chi connectivity index (χ4v) is 4.66. The maximum absolute atomic E-state index is 12.9. The molecular formula is C17H28ClN3O4S. The van der Waals surface area contributed by atoms with Gasteiger partial charge in [-0.3, -0.25) is 4.79 Å². The highest BCUT2D eigenvalue weighted by Gasteiger charge is 2.29. The average Bonchev–Trinajstić information content (AvgIpc) is 2.61. The van der Waals surface area contributed by atoms with Gasteiger partial charge in [-0.2, -0.15) is 4.31 Å². The van der Waals surface area contributed by atoms with Gasteiger partial charge in [0, 0.05) is 44.3 Å². The van der Waals surface area contributed by atoms with Gasteiger partial charge in [0.05, 0.1) is 7.11 Å². The Bertz CT molecular complexity index is 723. The van der Waals surface area contributed by atoms with Crippen molar-refractivity contribution >= 4 is 28.3 Å². The molecule has 26 heavy (non-hydrogen) atoms. The minimum Gasteiger partial charge on any atom is -0.495 e. The molecule has 9 heteroatoms. The molecule has 0 radical (unpaired) electrons. The molecule has 1 fully saturated rings. The minimum atomic E-state index is -3.72. The predicted octanol–water partition coefficient (Wildman–Crippen LogP) is 1.58. The Morgan fingerprint density at radius 3 is 2.54 bits per heavy atom. The number of carbonyl (C=O) groups excluding carboxylic acids is 1. The van der Waals surface area contributed by atoms with Gasteiger partial charge in [0.2, 0.25) is 10.0 Å². The van der Waals surface area contributed by atoms with E-state index in [1.54, 1.807) is 30.9 Å². The molecule has 0 bridgehead atoms. The quantitative estimate of drug-likeness (QED) is 0.777. The Morgan fingerprint density at radius 1 is 1.35 bits per heavy atom. The van der Waals surface area contributed by atoms with Crippen LogP contribution in [0.5, 0.6) is 5.75 Å². The van der Waals surface area contributed by atoms with E-state index in [-0.39, 0.29) is 35.0 Å². The van der Waals surface area contributed by atoms with E-state index in [0.717, 1.165) is 13.1 Å². The first-order chi connectivity index (χ1) is 11.9. The zero-order chi connectivity index (χ0) is 18.6. The Balaban J connectivity index is 0.00000338. The standard InChI is InChI=1S/C17H27N3O4S.ClH/c1-5-19(6-2)25(22,23)16-11-14(7-8-15(16)24-4)17(21)20-10-9-18-12-13(20)3;/h7-8,11,13,18H,5-6,9-10,12H2,1-4H3;1H/t13-;/m1./s1. The molecule has 0 aliphatic carbocycles. The van der Waals surface area contributed by atoms with Crippen LogP contribution in [0.25, 0.3) is 0 Å². The molecular weight excluding hydrogens is 378 g/mol. The van der Waals surface area contributed by atoms with Crippen molar-refractivity contribution in [1.82, 2.24) is 14.5 Å². The van der Waals surface area contributed by atoms with Gasteiger partial charge in [0.15, 0.2) is 0 Å². The van der Waals surface area contributed by atoms with Crippen LogP contribution in [0.3, 0.4) is 0 Å². The predicted molar refractivity (Wildman–Crippen MR) is 104 cm³/mol. The lowest BCUT2D eigenvalue weighted by atomic mass is 10.1. The number of nitrogens with one attached hydrogen (secondary N) is 1. The van der Waals surface area contributed by atoms with Crippen molar-refractivity contribution < 1.29 is 17.9 Å². The van der Waals surface area contributed by atoms with Gasteiger partial charge in [0.1, 0.15) is 10.6 Å². The fraction of sp³-hybridized carbons (Fsp3) is 0.588. The number of hydrogen-bond acceptors (Lipinski definition) is 5. The summed E-state index contributed by atoms with van der Waals surface area (Å²) in [6.07, 6.45) is 0. The van der Waals surface area contributed by atoms with Gasteiger partial charge in [-0.25, -0.2) is 8.42 Å². The van der Waals surface area contributed by atoms with Gasteiger partial charge < -0.3 is 15.0 Å². The number of hydrogen-bond donors (Lipinski definition) is 1. The third-order valence-corrected chi connectivity index (χ3v) is 6.57. The van der Waals surface area contributed by atoms with E-state index >= 15 is 0 Å².